The maximum atomic E-state index is 12.8. The number of nitrogens with zero attached hydrogens (tertiary/aromatic N) is 1. The standard InChI is InChI=1S/C35H37N3O6/c39-23-24-9-11-25(12-10-24)33-20-32(22-38-18-17-29(40)21-38)43-34(44-33)26-5-4-6-28(19-26)37-35(41)36-27-13-15-31(16-14-27)42-30-7-2-1-3-8-30/h1-16,19,29,32-34,39-40H,17-18,20-23H2,(H2,36,37,41)/t29-,32+,33-,34-/m0/s1. The molecule has 44 heavy (non-hydrogen) atoms. The lowest BCUT2D eigenvalue weighted by molar-refractivity contribution is -0.252. The number of carbonyl (C=O) groups is 1. The highest BCUT2D eigenvalue weighted by Gasteiger charge is 2.34. The molecule has 9 nitrogen and oxygen atoms in total. The number of aliphatic hydroxyl groups is 2. The zero-order valence-electron chi connectivity index (χ0n) is 24.3. The molecule has 2 aliphatic rings. The number of nitrogens with one attached hydrogen (secondary N) is 2. The van der Waals surface area contributed by atoms with Gasteiger partial charge in [-0.25, -0.2) is 4.79 Å². The number of aliphatic hydroxyl groups excluding tert-OH is 2. The van der Waals surface area contributed by atoms with Crippen LogP contribution in [0, 0.1) is 0 Å². The number of likely N-dealkylation sites (tertiary alicyclic amines) is 1. The van der Waals surface area contributed by atoms with E-state index in [1.165, 1.54) is 0 Å². The number of urea groups is 1. The Hall–Kier alpha value is -4.25. The number of hydrogen-bond acceptors (Lipinski definition) is 7. The Morgan fingerprint density at radius 3 is 2.32 bits per heavy atom. The first-order chi connectivity index (χ1) is 21.5. The van der Waals surface area contributed by atoms with E-state index < -0.39 is 6.29 Å². The summed E-state index contributed by atoms with van der Waals surface area (Å²) in [5, 5.41) is 25.3. The smallest absolute Gasteiger partial charge is 0.323 e. The SMILES string of the molecule is O=C(Nc1ccc(Oc2ccccc2)cc1)Nc1cccc([C@H]2O[C@@H](CN3CC[C@H](O)C3)C[C@@H](c3ccc(CO)cc3)O2)c1. The molecular weight excluding hydrogens is 558 g/mol. The molecule has 6 rings (SSSR count). The maximum Gasteiger partial charge on any atom is 0.323 e. The number of benzene rings is 4. The summed E-state index contributed by atoms with van der Waals surface area (Å²) in [6.45, 7) is 2.15. The van der Waals surface area contributed by atoms with E-state index in [9.17, 15) is 15.0 Å². The van der Waals surface area contributed by atoms with Gasteiger partial charge < -0.3 is 35.1 Å². The van der Waals surface area contributed by atoms with Crippen LogP contribution in [0.15, 0.2) is 103 Å². The molecule has 4 aromatic rings. The van der Waals surface area contributed by atoms with E-state index >= 15 is 0 Å². The summed E-state index contributed by atoms with van der Waals surface area (Å²) in [6, 6.07) is 31.5. The molecule has 0 saturated carbocycles. The summed E-state index contributed by atoms with van der Waals surface area (Å²) in [6.07, 6.45) is 0.146. The Bertz CT molecular complexity index is 1520. The lowest BCUT2D eigenvalue weighted by Gasteiger charge is -2.38. The van der Waals surface area contributed by atoms with E-state index in [0.29, 0.717) is 36.6 Å². The Morgan fingerprint density at radius 2 is 1.59 bits per heavy atom. The number of amides is 2. The molecule has 2 heterocycles. The summed E-state index contributed by atoms with van der Waals surface area (Å²) in [7, 11) is 0. The predicted octanol–water partition coefficient (Wildman–Crippen LogP) is 6.23. The van der Waals surface area contributed by atoms with E-state index in [0.717, 1.165) is 35.4 Å². The van der Waals surface area contributed by atoms with Crippen molar-refractivity contribution in [3.8, 4) is 11.5 Å². The average molecular weight is 596 g/mol. The van der Waals surface area contributed by atoms with E-state index in [1.54, 1.807) is 24.3 Å². The summed E-state index contributed by atoms with van der Waals surface area (Å²) >= 11 is 0. The van der Waals surface area contributed by atoms with Crippen LogP contribution in [0.5, 0.6) is 11.5 Å². The van der Waals surface area contributed by atoms with Crippen LogP contribution in [0.3, 0.4) is 0 Å². The van der Waals surface area contributed by atoms with Crippen LogP contribution in [0.4, 0.5) is 16.2 Å². The zero-order chi connectivity index (χ0) is 30.3. The Morgan fingerprint density at radius 1 is 0.841 bits per heavy atom. The fourth-order valence-corrected chi connectivity index (χ4v) is 5.59. The van der Waals surface area contributed by atoms with E-state index in [4.69, 9.17) is 14.2 Å². The second kappa shape index (κ2) is 14.0. The highest BCUT2D eigenvalue weighted by molar-refractivity contribution is 5.99. The molecule has 4 N–H and O–H groups in total. The maximum absolute atomic E-state index is 12.8. The number of anilines is 2. The largest absolute Gasteiger partial charge is 0.457 e. The van der Waals surface area contributed by atoms with Gasteiger partial charge in [-0.3, -0.25) is 4.90 Å². The Labute approximate surface area is 257 Å². The van der Waals surface area contributed by atoms with Crippen molar-refractivity contribution in [3.63, 3.8) is 0 Å². The van der Waals surface area contributed by atoms with Gasteiger partial charge in [0.05, 0.1) is 24.9 Å². The Kier molecular flexibility index (Phi) is 9.50. The molecule has 0 unspecified atom stereocenters. The number of rotatable bonds is 9. The predicted molar refractivity (Wildman–Crippen MR) is 168 cm³/mol. The van der Waals surface area contributed by atoms with Crippen molar-refractivity contribution in [2.45, 2.75) is 44.1 Å². The van der Waals surface area contributed by atoms with Crippen molar-refractivity contribution in [1.29, 1.82) is 0 Å². The van der Waals surface area contributed by atoms with E-state index in [1.807, 2.05) is 78.9 Å². The minimum atomic E-state index is -0.647. The Balaban J connectivity index is 1.11. The van der Waals surface area contributed by atoms with Crippen molar-refractivity contribution in [1.82, 2.24) is 4.90 Å². The molecule has 9 heteroatoms. The highest BCUT2D eigenvalue weighted by atomic mass is 16.7. The topological polar surface area (TPSA) is 113 Å². The normalized spacial score (nSPS) is 22.0. The van der Waals surface area contributed by atoms with E-state index in [2.05, 4.69) is 15.5 Å². The van der Waals surface area contributed by atoms with Crippen molar-refractivity contribution >= 4 is 17.4 Å². The molecule has 2 aliphatic heterocycles. The van der Waals surface area contributed by atoms with Gasteiger partial charge >= 0.3 is 6.03 Å². The van der Waals surface area contributed by atoms with Gasteiger partial charge in [0, 0.05) is 43.0 Å². The van der Waals surface area contributed by atoms with Crippen LogP contribution in [0.25, 0.3) is 0 Å². The molecule has 228 valence electrons. The summed E-state index contributed by atoms with van der Waals surface area (Å²) in [4.78, 5) is 15.1. The van der Waals surface area contributed by atoms with Crippen molar-refractivity contribution in [3.05, 3.63) is 120 Å². The molecule has 0 aromatic heterocycles. The molecular formula is C35H37N3O6. The second-order valence-electron chi connectivity index (χ2n) is 11.2. The fourth-order valence-electron chi connectivity index (χ4n) is 5.59. The number of ether oxygens (including phenoxy) is 3. The van der Waals surface area contributed by atoms with Crippen molar-refractivity contribution < 1.29 is 29.2 Å². The number of β-amino-alcohol motifs (C(OH)–C–C–N with tert-alkyl or cyclic N) is 1. The van der Waals surface area contributed by atoms with Gasteiger partial charge in [0.2, 0.25) is 0 Å². The van der Waals surface area contributed by atoms with E-state index in [-0.39, 0.29) is 30.9 Å². The lowest BCUT2D eigenvalue weighted by atomic mass is 9.99. The third kappa shape index (κ3) is 7.82. The summed E-state index contributed by atoms with van der Waals surface area (Å²) < 4.78 is 18.7. The molecule has 4 aromatic carbocycles. The first kappa shape index (κ1) is 29.8. The van der Waals surface area contributed by atoms with Crippen molar-refractivity contribution in [2.24, 2.45) is 0 Å². The van der Waals surface area contributed by atoms with Crippen molar-refractivity contribution in [2.75, 3.05) is 30.3 Å². The van der Waals surface area contributed by atoms with Crippen LogP contribution in [-0.4, -0.2) is 53.0 Å². The van der Waals surface area contributed by atoms with Gasteiger partial charge in [-0.1, -0.05) is 54.6 Å². The van der Waals surface area contributed by atoms with Crippen LogP contribution in [0.1, 0.15) is 41.9 Å². The van der Waals surface area contributed by atoms with Gasteiger partial charge in [-0.05, 0) is 66.1 Å². The summed E-state index contributed by atoms with van der Waals surface area (Å²) in [5.41, 5.74) is 3.87. The third-order valence-corrected chi connectivity index (χ3v) is 7.83. The molecule has 0 bridgehead atoms. The number of carbonyl (C=O) groups excluding carboxylic acids is 1. The lowest BCUT2D eigenvalue weighted by Crippen LogP contribution is -2.38. The molecule has 2 amide bonds. The highest BCUT2D eigenvalue weighted by Crippen LogP contribution is 2.39. The molecule has 0 spiro atoms. The summed E-state index contributed by atoms with van der Waals surface area (Å²) in [5.74, 6) is 1.41. The van der Waals surface area contributed by atoms with Gasteiger partial charge in [0.25, 0.3) is 0 Å². The zero-order valence-corrected chi connectivity index (χ0v) is 24.3. The molecule has 4 atom stereocenters. The fraction of sp³-hybridized carbons (Fsp3) is 0.286. The molecule has 2 fully saturated rings. The van der Waals surface area contributed by atoms with Crippen LogP contribution < -0.4 is 15.4 Å². The minimum Gasteiger partial charge on any atom is -0.457 e. The second-order valence-corrected chi connectivity index (χ2v) is 11.2. The third-order valence-electron chi connectivity index (χ3n) is 7.83. The minimum absolute atomic E-state index is 0.0151. The van der Waals surface area contributed by atoms with Crippen LogP contribution >= 0.6 is 0 Å². The first-order valence-electron chi connectivity index (χ1n) is 14.9. The van der Waals surface area contributed by atoms with Crippen LogP contribution in [-0.2, 0) is 16.1 Å². The van der Waals surface area contributed by atoms with Gasteiger partial charge in [-0.15, -0.1) is 0 Å². The average Bonchev–Trinajstić information content (AvgIpc) is 3.46. The van der Waals surface area contributed by atoms with Crippen LogP contribution in [0.2, 0.25) is 0 Å². The number of hydrogen-bond donors (Lipinski definition) is 4. The quantitative estimate of drug-likeness (QED) is 0.182. The monoisotopic (exact) mass is 595 g/mol. The molecule has 0 radical (unpaired) electrons. The van der Waals surface area contributed by atoms with Gasteiger partial charge in [-0.2, -0.15) is 0 Å². The first-order valence-corrected chi connectivity index (χ1v) is 14.9. The van der Waals surface area contributed by atoms with Gasteiger partial charge in [0.15, 0.2) is 6.29 Å². The van der Waals surface area contributed by atoms with Gasteiger partial charge in [0.1, 0.15) is 11.5 Å². The molecule has 2 saturated heterocycles. The molecule has 0 aliphatic carbocycles. The number of para-hydroxylation sites is 1.